The van der Waals surface area contributed by atoms with Crippen molar-refractivity contribution in [2.75, 3.05) is 5.32 Å². The minimum absolute atomic E-state index is 0.0785. The lowest BCUT2D eigenvalue weighted by Crippen LogP contribution is -2.36. The summed E-state index contributed by atoms with van der Waals surface area (Å²) < 4.78 is 1.82. The fraction of sp³-hybridized carbons (Fsp3) is 0.286. The second-order valence-corrected chi connectivity index (χ2v) is 9.11. The van der Waals surface area contributed by atoms with Gasteiger partial charge in [0, 0.05) is 28.1 Å². The molecule has 2 aliphatic rings. The summed E-state index contributed by atoms with van der Waals surface area (Å²) >= 11 is 1.62. The van der Waals surface area contributed by atoms with E-state index >= 15 is 0 Å². The second kappa shape index (κ2) is 6.04. The Bertz CT molecular complexity index is 1090. The summed E-state index contributed by atoms with van der Waals surface area (Å²) in [6, 6.07) is 10.6. The van der Waals surface area contributed by atoms with Crippen LogP contribution in [-0.4, -0.2) is 25.7 Å². The lowest BCUT2D eigenvalue weighted by molar-refractivity contribution is -0.118. The molecule has 1 aliphatic heterocycles. The molecule has 0 spiro atoms. The van der Waals surface area contributed by atoms with Gasteiger partial charge in [0.05, 0.1) is 0 Å². The van der Waals surface area contributed by atoms with Crippen molar-refractivity contribution in [2.24, 2.45) is 5.41 Å². The van der Waals surface area contributed by atoms with Gasteiger partial charge in [-0.2, -0.15) is 4.98 Å². The molecule has 3 aromatic rings. The summed E-state index contributed by atoms with van der Waals surface area (Å²) in [6.45, 7) is 4.25. The van der Waals surface area contributed by atoms with Crippen molar-refractivity contribution in [3.05, 3.63) is 57.9 Å². The molecular formula is C21H20N4O2S. The maximum atomic E-state index is 13.1. The monoisotopic (exact) mass is 392 g/mol. The summed E-state index contributed by atoms with van der Waals surface area (Å²) in [5.74, 6) is 1.58. The van der Waals surface area contributed by atoms with Crippen LogP contribution in [0.3, 0.4) is 0 Å². The van der Waals surface area contributed by atoms with E-state index in [-0.39, 0.29) is 23.0 Å². The number of carbonyl (C=O) groups excluding carboxylic acids is 1. The molecule has 1 atom stereocenters. The van der Waals surface area contributed by atoms with Gasteiger partial charge in [0.25, 0.3) is 0 Å². The van der Waals surface area contributed by atoms with Crippen molar-refractivity contribution < 1.29 is 9.90 Å². The van der Waals surface area contributed by atoms with E-state index in [0.29, 0.717) is 18.2 Å². The standard InChI is InChI=1S/C21H20N4O2S/c1-21(2)10-14-17(15(27)11-21)18(16-4-3-9-28-16)25-20(22-14)23-19(24-25)12-5-7-13(26)8-6-12/h3-9,18,26H,10-11H2,1-2H3,(H,22,23,24). The van der Waals surface area contributed by atoms with Crippen LogP contribution in [0, 0.1) is 5.41 Å². The third-order valence-corrected chi connectivity index (χ3v) is 6.19. The number of aromatic nitrogens is 3. The van der Waals surface area contributed by atoms with Gasteiger partial charge in [-0.25, -0.2) is 4.68 Å². The highest BCUT2D eigenvalue weighted by molar-refractivity contribution is 7.10. The van der Waals surface area contributed by atoms with Gasteiger partial charge in [-0.3, -0.25) is 4.79 Å². The number of aromatic hydroxyl groups is 1. The second-order valence-electron chi connectivity index (χ2n) is 8.13. The number of fused-ring (bicyclic) bond motifs is 1. The van der Waals surface area contributed by atoms with Crippen LogP contribution in [0.15, 0.2) is 53.0 Å². The first kappa shape index (κ1) is 17.2. The molecule has 28 heavy (non-hydrogen) atoms. The van der Waals surface area contributed by atoms with Gasteiger partial charge in [0.2, 0.25) is 5.95 Å². The minimum Gasteiger partial charge on any atom is -0.508 e. The van der Waals surface area contributed by atoms with Crippen LogP contribution >= 0.6 is 11.3 Å². The van der Waals surface area contributed by atoms with E-state index in [9.17, 15) is 9.90 Å². The Kier molecular flexibility index (Phi) is 3.71. The zero-order chi connectivity index (χ0) is 19.5. The van der Waals surface area contributed by atoms with E-state index in [4.69, 9.17) is 10.1 Å². The first-order chi connectivity index (χ1) is 13.4. The molecule has 2 aromatic heterocycles. The highest BCUT2D eigenvalue weighted by Gasteiger charge is 2.42. The Hall–Kier alpha value is -2.93. The first-order valence-corrected chi connectivity index (χ1v) is 10.1. The Morgan fingerprint density at radius 3 is 2.71 bits per heavy atom. The topological polar surface area (TPSA) is 80.0 Å². The number of hydrogen-bond donors (Lipinski definition) is 2. The van der Waals surface area contributed by atoms with Gasteiger partial charge in [-0.1, -0.05) is 19.9 Å². The smallest absolute Gasteiger partial charge is 0.226 e. The van der Waals surface area contributed by atoms with E-state index in [1.54, 1.807) is 35.6 Å². The third kappa shape index (κ3) is 2.74. The lowest BCUT2D eigenvalue weighted by Gasteiger charge is -2.37. The summed E-state index contributed by atoms with van der Waals surface area (Å²) in [7, 11) is 0. The zero-order valence-electron chi connectivity index (χ0n) is 15.6. The van der Waals surface area contributed by atoms with Gasteiger partial charge in [0.1, 0.15) is 11.8 Å². The van der Waals surface area contributed by atoms with Crippen molar-refractivity contribution in [3.8, 4) is 17.1 Å². The van der Waals surface area contributed by atoms with Crippen molar-refractivity contribution in [2.45, 2.75) is 32.7 Å². The first-order valence-electron chi connectivity index (χ1n) is 9.24. The lowest BCUT2D eigenvalue weighted by atomic mass is 9.73. The molecule has 0 radical (unpaired) electrons. The minimum atomic E-state index is -0.256. The highest BCUT2D eigenvalue weighted by Crippen LogP contribution is 2.46. The molecule has 2 N–H and O–H groups in total. The number of phenolic OH excluding ortho intramolecular Hbond substituents is 1. The number of Topliss-reactive ketones (excluding diaryl/α,β-unsaturated/α-hetero) is 1. The van der Waals surface area contributed by atoms with Crippen molar-refractivity contribution in [1.29, 1.82) is 0 Å². The Morgan fingerprint density at radius 2 is 2.00 bits per heavy atom. The average Bonchev–Trinajstić information content (AvgIpc) is 3.29. The zero-order valence-corrected chi connectivity index (χ0v) is 16.5. The van der Waals surface area contributed by atoms with E-state index in [1.165, 1.54) is 0 Å². The van der Waals surface area contributed by atoms with Gasteiger partial charge in [-0.05, 0) is 47.5 Å². The Morgan fingerprint density at radius 1 is 1.21 bits per heavy atom. The average molecular weight is 392 g/mol. The molecular weight excluding hydrogens is 372 g/mol. The van der Waals surface area contributed by atoms with Crippen molar-refractivity contribution in [3.63, 3.8) is 0 Å². The van der Waals surface area contributed by atoms with Gasteiger partial charge in [-0.15, -0.1) is 16.4 Å². The fourth-order valence-electron chi connectivity index (χ4n) is 4.05. The Balaban J connectivity index is 1.66. The number of benzene rings is 1. The number of allylic oxidation sites excluding steroid dienone is 2. The molecule has 0 bridgehead atoms. The van der Waals surface area contributed by atoms with E-state index in [2.05, 4.69) is 19.2 Å². The molecule has 5 rings (SSSR count). The number of nitrogens with zero attached hydrogens (tertiary/aromatic N) is 3. The summed E-state index contributed by atoms with van der Waals surface area (Å²) in [5, 5.41) is 19.7. The largest absolute Gasteiger partial charge is 0.508 e. The molecule has 0 fully saturated rings. The predicted octanol–water partition coefficient (Wildman–Crippen LogP) is 4.37. The quantitative estimate of drug-likeness (QED) is 0.677. The van der Waals surface area contributed by atoms with Gasteiger partial charge in [0.15, 0.2) is 11.6 Å². The van der Waals surface area contributed by atoms with Crippen LogP contribution < -0.4 is 5.32 Å². The van der Waals surface area contributed by atoms with Crippen LogP contribution in [0.5, 0.6) is 5.75 Å². The number of thiophene rings is 1. The van der Waals surface area contributed by atoms with Gasteiger partial charge >= 0.3 is 0 Å². The molecule has 142 valence electrons. The fourth-order valence-corrected chi connectivity index (χ4v) is 4.87. The highest BCUT2D eigenvalue weighted by atomic mass is 32.1. The van der Waals surface area contributed by atoms with Crippen molar-refractivity contribution >= 4 is 23.1 Å². The maximum Gasteiger partial charge on any atom is 0.226 e. The number of hydrogen-bond acceptors (Lipinski definition) is 6. The molecule has 0 amide bonds. The number of nitrogens with one attached hydrogen (secondary N) is 1. The number of anilines is 1. The van der Waals surface area contributed by atoms with Crippen LogP contribution in [0.1, 0.15) is 37.6 Å². The molecule has 6 nitrogen and oxygen atoms in total. The molecule has 1 aromatic carbocycles. The molecule has 3 heterocycles. The summed E-state index contributed by atoms with van der Waals surface area (Å²) in [4.78, 5) is 18.9. The summed E-state index contributed by atoms with van der Waals surface area (Å²) in [6.07, 6.45) is 1.33. The normalized spacial score (nSPS) is 20.5. The van der Waals surface area contributed by atoms with E-state index in [1.807, 2.05) is 22.2 Å². The third-order valence-electron chi connectivity index (χ3n) is 5.27. The molecule has 0 saturated heterocycles. The number of rotatable bonds is 2. The van der Waals surface area contributed by atoms with Crippen molar-refractivity contribution in [1.82, 2.24) is 14.8 Å². The molecule has 0 saturated carbocycles. The Labute approximate surface area is 166 Å². The van der Waals surface area contributed by atoms with E-state index < -0.39 is 0 Å². The van der Waals surface area contributed by atoms with Crippen LogP contribution in [0.25, 0.3) is 11.4 Å². The van der Waals surface area contributed by atoms with Crippen LogP contribution in [0.4, 0.5) is 5.95 Å². The molecule has 7 heteroatoms. The summed E-state index contributed by atoms with van der Waals surface area (Å²) in [5.41, 5.74) is 2.49. The van der Waals surface area contributed by atoms with Crippen LogP contribution in [0.2, 0.25) is 0 Å². The predicted molar refractivity (Wildman–Crippen MR) is 108 cm³/mol. The number of carbonyl (C=O) groups is 1. The van der Waals surface area contributed by atoms with Gasteiger partial charge < -0.3 is 10.4 Å². The number of phenols is 1. The number of ketones is 1. The SMILES string of the molecule is CC1(C)CC(=O)C2=C(C1)Nc1nc(-c3ccc(O)cc3)nn1C2c1cccs1. The van der Waals surface area contributed by atoms with Crippen LogP contribution in [-0.2, 0) is 4.79 Å². The molecule has 1 unspecified atom stereocenters. The van der Waals surface area contributed by atoms with E-state index in [0.717, 1.165) is 28.1 Å². The molecule has 1 aliphatic carbocycles. The maximum absolute atomic E-state index is 13.1.